The van der Waals surface area contributed by atoms with Crippen LogP contribution in [0.4, 0.5) is 0 Å². The number of phosphoric acid groups is 1. The Morgan fingerprint density at radius 1 is 0.542 bits per heavy atom. The van der Waals surface area contributed by atoms with E-state index in [2.05, 4.69) is 86.8 Å². The van der Waals surface area contributed by atoms with Gasteiger partial charge in [0.1, 0.15) is 43.2 Å². The van der Waals surface area contributed by atoms with Crippen molar-refractivity contribution < 1.29 is 63.1 Å². The summed E-state index contributed by atoms with van der Waals surface area (Å²) in [5.41, 5.74) is 0. The average Bonchev–Trinajstić information content (AvgIpc) is 3.21. The molecule has 1 saturated carbocycles. The van der Waals surface area contributed by atoms with Gasteiger partial charge in [-0.3, -0.25) is 18.6 Å². The third-order valence-electron chi connectivity index (χ3n) is 9.20. The maximum Gasteiger partial charge on any atom is 0.472 e. The smallest absolute Gasteiger partial charge is 0.462 e. The largest absolute Gasteiger partial charge is 0.472 e. The SMILES string of the molecule is CC/C=C\C/C=C\C/C=C\C/C=C\C/C=C\CCCC(=O)OC(COC(=O)CCCCCCC/C=C\C/C=C\CCC)COP(=O)(O)OC1C(O)C(O)C(O)C(O)C1O. The van der Waals surface area contributed by atoms with Crippen LogP contribution in [0.15, 0.2) is 85.1 Å². The first-order chi connectivity index (χ1) is 28.4. The summed E-state index contributed by atoms with van der Waals surface area (Å²) < 4.78 is 33.4. The van der Waals surface area contributed by atoms with Crippen molar-refractivity contribution in [3.63, 3.8) is 0 Å². The topological polar surface area (TPSA) is 210 Å². The molecule has 6 N–H and O–H groups in total. The number of carbonyl (C=O) groups is 2. The van der Waals surface area contributed by atoms with Gasteiger partial charge in [0.25, 0.3) is 0 Å². The third-order valence-corrected chi connectivity index (χ3v) is 10.2. The molecule has 0 aromatic rings. The number of rotatable bonds is 33. The molecule has 1 fully saturated rings. The predicted octanol–water partition coefficient (Wildman–Crippen LogP) is 7.72. The fourth-order valence-corrected chi connectivity index (χ4v) is 6.74. The van der Waals surface area contributed by atoms with E-state index in [1.54, 1.807) is 0 Å². The van der Waals surface area contributed by atoms with Gasteiger partial charge in [0.05, 0.1) is 6.61 Å². The molecule has 0 aliphatic heterocycles. The zero-order valence-electron chi connectivity index (χ0n) is 35.3. The average molecular weight is 853 g/mol. The predicted molar refractivity (Wildman–Crippen MR) is 230 cm³/mol. The summed E-state index contributed by atoms with van der Waals surface area (Å²) in [5, 5.41) is 50.0. The lowest BCUT2D eigenvalue weighted by molar-refractivity contribution is -0.220. The molecule has 13 nitrogen and oxygen atoms in total. The van der Waals surface area contributed by atoms with Crippen molar-refractivity contribution in [2.75, 3.05) is 13.2 Å². The standard InChI is InChI=1S/C45H73O13P/c1-3-5-7-9-11-13-15-17-18-19-20-22-24-26-28-30-32-34-39(47)57-37(36-56-59(53,54)58-45-43(51)41(49)40(48)42(50)44(45)52)35-55-38(46)33-31-29-27-25-23-21-16-14-12-10-8-6-4-2/h5,7-8,10-11,13-14,16-18,20,22,26,28,37,40-45,48-52H,3-4,6,9,12,15,19,21,23-25,27,29-36H2,1-2H3,(H,53,54)/b7-5-,10-8-,13-11-,16-14-,18-17-,22-20-,28-26-. The maximum absolute atomic E-state index is 12.8. The Labute approximate surface area is 352 Å². The van der Waals surface area contributed by atoms with E-state index in [1.807, 2.05) is 12.2 Å². The zero-order chi connectivity index (χ0) is 43.6. The van der Waals surface area contributed by atoms with Gasteiger partial charge in [0, 0.05) is 12.8 Å². The van der Waals surface area contributed by atoms with Crippen LogP contribution in [0.3, 0.4) is 0 Å². The monoisotopic (exact) mass is 852 g/mol. The summed E-state index contributed by atoms with van der Waals surface area (Å²) in [6, 6.07) is 0. The molecule has 0 radical (unpaired) electrons. The van der Waals surface area contributed by atoms with Crippen molar-refractivity contribution in [1.82, 2.24) is 0 Å². The number of hydrogen-bond acceptors (Lipinski definition) is 12. The van der Waals surface area contributed by atoms with Crippen LogP contribution in [0.25, 0.3) is 0 Å². The normalized spacial score (nSPS) is 23.2. The van der Waals surface area contributed by atoms with Crippen LogP contribution in [-0.2, 0) is 32.7 Å². The Bertz CT molecular complexity index is 1360. The van der Waals surface area contributed by atoms with Gasteiger partial charge in [0.15, 0.2) is 6.10 Å². The Hall–Kier alpha value is -2.97. The molecule has 1 aliphatic carbocycles. The van der Waals surface area contributed by atoms with Crippen molar-refractivity contribution >= 4 is 19.8 Å². The fraction of sp³-hybridized carbons (Fsp3) is 0.644. The first-order valence-electron chi connectivity index (χ1n) is 21.4. The summed E-state index contributed by atoms with van der Waals surface area (Å²) >= 11 is 0. The molecular weight excluding hydrogens is 779 g/mol. The molecule has 0 aromatic heterocycles. The van der Waals surface area contributed by atoms with E-state index in [9.17, 15) is 44.6 Å². The van der Waals surface area contributed by atoms with Gasteiger partial charge in [-0.05, 0) is 77.0 Å². The van der Waals surface area contributed by atoms with Gasteiger partial charge in [-0.2, -0.15) is 0 Å². The summed E-state index contributed by atoms with van der Waals surface area (Å²) in [6.45, 7) is 3.03. The van der Waals surface area contributed by atoms with Crippen LogP contribution < -0.4 is 0 Å². The van der Waals surface area contributed by atoms with Crippen molar-refractivity contribution in [1.29, 1.82) is 0 Å². The summed E-state index contributed by atoms with van der Waals surface area (Å²) in [4.78, 5) is 35.6. The molecule has 0 saturated heterocycles. The summed E-state index contributed by atoms with van der Waals surface area (Å²) in [7, 11) is -5.14. The Balaban J connectivity index is 2.56. The molecule has 6 unspecified atom stereocenters. The minimum absolute atomic E-state index is 0.0103. The van der Waals surface area contributed by atoms with Crippen molar-refractivity contribution in [3.8, 4) is 0 Å². The lowest BCUT2D eigenvalue weighted by Gasteiger charge is -2.41. The highest BCUT2D eigenvalue weighted by Gasteiger charge is 2.51. The molecule has 1 rings (SSSR count). The van der Waals surface area contributed by atoms with E-state index in [-0.39, 0.29) is 12.8 Å². The van der Waals surface area contributed by atoms with Gasteiger partial charge in [-0.15, -0.1) is 0 Å². The van der Waals surface area contributed by atoms with Crippen LogP contribution >= 0.6 is 7.82 Å². The first-order valence-corrected chi connectivity index (χ1v) is 22.9. The fourth-order valence-electron chi connectivity index (χ4n) is 5.77. The number of hydrogen-bond donors (Lipinski definition) is 6. The number of aliphatic hydroxyl groups excluding tert-OH is 5. The minimum atomic E-state index is -5.14. The van der Waals surface area contributed by atoms with Gasteiger partial charge in [-0.25, -0.2) is 4.57 Å². The maximum atomic E-state index is 12.8. The number of ether oxygens (including phenoxy) is 2. The molecule has 336 valence electrons. The van der Waals surface area contributed by atoms with Crippen molar-refractivity contribution in [2.24, 2.45) is 0 Å². The van der Waals surface area contributed by atoms with E-state index in [1.165, 1.54) is 0 Å². The van der Waals surface area contributed by atoms with Crippen LogP contribution in [-0.4, -0.2) is 98.3 Å². The number of aliphatic hydroxyl groups is 5. The first kappa shape index (κ1) is 54.0. The molecule has 0 aromatic carbocycles. The second-order valence-electron chi connectivity index (χ2n) is 14.5. The molecule has 1 aliphatic rings. The molecule has 59 heavy (non-hydrogen) atoms. The highest BCUT2D eigenvalue weighted by atomic mass is 31.2. The molecule has 0 spiro atoms. The molecule has 14 heteroatoms. The summed E-state index contributed by atoms with van der Waals surface area (Å²) in [6.07, 6.45) is 30.8. The number of carbonyl (C=O) groups excluding carboxylic acids is 2. The van der Waals surface area contributed by atoms with E-state index in [0.717, 1.165) is 83.5 Å². The molecule has 0 bridgehead atoms. The molecular formula is C45H73O13P. The van der Waals surface area contributed by atoms with E-state index in [0.29, 0.717) is 19.3 Å². The van der Waals surface area contributed by atoms with Gasteiger partial charge in [-0.1, -0.05) is 125 Å². The Morgan fingerprint density at radius 3 is 1.53 bits per heavy atom. The Morgan fingerprint density at radius 2 is 0.983 bits per heavy atom. The lowest BCUT2D eigenvalue weighted by Crippen LogP contribution is -2.64. The third kappa shape index (κ3) is 27.5. The van der Waals surface area contributed by atoms with Gasteiger partial charge >= 0.3 is 19.8 Å². The van der Waals surface area contributed by atoms with E-state index >= 15 is 0 Å². The van der Waals surface area contributed by atoms with E-state index in [4.69, 9.17) is 18.5 Å². The number of phosphoric ester groups is 1. The molecule has 0 amide bonds. The van der Waals surface area contributed by atoms with E-state index < -0.39 is 75.7 Å². The summed E-state index contributed by atoms with van der Waals surface area (Å²) in [5.74, 6) is -1.20. The second kappa shape index (κ2) is 34.7. The quantitative estimate of drug-likeness (QED) is 0.0162. The minimum Gasteiger partial charge on any atom is -0.462 e. The molecule has 6 atom stereocenters. The van der Waals surface area contributed by atoms with Gasteiger partial charge < -0.3 is 39.9 Å². The van der Waals surface area contributed by atoms with Crippen LogP contribution in [0.1, 0.15) is 129 Å². The molecule has 0 heterocycles. The number of allylic oxidation sites excluding steroid dienone is 14. The van der Waals surface area contributed by atoms with Crippen LogP contribution in [0.5, 0.6) is 0 Å². The lowest BCUT2D eigenvalue weighted by atomic mass is 9.85. The van der Waals surface area contributed by atoms with Gasteiger partial charge in [0.2, 0.25) is 0 Å². The van der Waals surface area contributed by atoms with Crippen LogP contribution in [0, 0.1) is 0 Å². The zero-order valence-corrected chi connectivity index (χ0v) is 36.1. The highest BCUT2D eigenvalue weighted by molar-refractivity contribution is 7.47. The number of unbranched alkanes of at least 4 members (excludes halogenated alkanes) is 7. The second-order valence-corrected chi connectivity index (χ2v) is 15.9. The van der Waals surface area contributed by atoms with Crippen molar-refractivity contribution in [2.45, 2.75) is 172 Å². The van der Waals surface area contributed by atoms with Crippen molar-refractivity contribution in [3.05, 3.63) is 85.1 Å². The number of esters is 2. The van der Waals surface area contributed by atoms with Crippen LogP contribution in [0.2, 0.25) is 0 Å². The Kier molecular flexibility index (Phi) is 31.8. The highest BCUT2D eigenvalue weighted by Crippen LogP contribution is 2.47.